The van der Waals surface area contributed by atoms with Crippen LogP contribution in [0.15, 0.2) is 0 Å². The van der Waals surface area contributed by atoms with E-state index in [0.717, 1.165) is 0 Å². The van der Waals surface area contributed by atoms with E-state index in [2.05, 4.69) is 50.4 Å². The smallest absolute Gasteiger partial charge is 0.701 e. The molecule has 0 aromatic carbocycles. The maximum atomic E-state index is 6.67. The predicted octanol–water partition coefficient (Wildman–Crippen LogP) is 2.53. The van der Waals surface area contributed by atoms with Crippen molar-refractivity contribution in [2.45, 2.75) is 39.3 Å². The van der Waals surface area contributed by atoms with Crippen molar-refractivity contribution in [1.29, 1.82) is 0 Å². The molecule has 0 heterocycles. The molecule has 0 bridgehead atoms. The summed E-state index contributed by atoms with van der Waals surface area (Å²) in [6.45, 7) is 12.5. The van der Waals surface area contributed by atoms with E-state index in [-0.39, 0.29) is 23.1 Å². The van der Waals surface area contributed by atoms with E-state index in [1.807, 2.05) is 0 Å². The van der Waals surface area contributed by atoms with Crippen LogP contribution in [-0.2, 0) is 0 Å². The van der Waals surface area contributed by atoms with Gasteiger partial charge in [-0.05, 0) is 0 Å². The fourth-order valence-electron chi connectivity index (χ4n) is 0. The third kappa shape index (κ3) is 32.9. The van der Waals surface area contributed by atoms with Gasteiger partial charge in [0.25, 0.3) is 0 Å². The molecule has 0 saturated carbocycles. The van der Waals surface area contributed by atoms with Crippen LogP contribution in [0, 0.1) is 23.9 Å². The minimum atomic E-state index is -1.21. The van der Waals surface area contributed by atoms with Crippen LogP contribution in [0.4, 0.5) is 0 Å². The van der Waals surface area contributed by atoms with Gasteiger partial charge < -0.3 is 23.9 Å². The van der Waals surface area contributed by atoms with Crippen LogP contribution in [-0.4, -0.2) is 39.2 Å². The quantitative estimate of drug-likeness (QED) is 0.333. The second-order valence-corrected chi connectivity index (χ2v) is 14.2. The molecule has 0 atom stereocenters. The van der Waals surface area contributed by atoms with Gasteiger partial charge in [0.05, 0.1) is 16.1 Å². The van der Waals surface area contributed by atoms with Crippen molar-refractivity contribution >= 4 is 39.2 Å². The Labute approximate surface area is 102 Å². The van der Waals surface area contributed by atoms with Crippen molar-refractivity contribution in [3.8, 4) is 11.1 Å². The molecule has 0 saturated heterocycles. The molecule has 0 fully saturated rings. The third-order valence-corrected chi connectivity index (χ3v) is 2.25. The molecule has 0 radical (unpaired) electrons. The number of hydrogen-bond acceptors (Lipinski definition) is 0. The summed E-state index contributed by atoms with van der Waals surface area (Å²) in [5.74, 6) is 0. The molecule has 0 aliphatic heterocycles. The Kier molecular flexibility index (Phi) is 11.2. The average molecular weight is 219 g/mol. The molecule has 0 spiro atoms. The van der Waals surface area contributed by atoms with Gasteiger partial charge in [-0.25, -0.2) is 0 Å². The Morgan fingerprint density at radius 2 is 0.769 bits per heavy atom. The average Bonchev–Trinajstić information content (AvgIpc) is 1.86. The summed E-state index contributed by atoms with van der Waals surface area (Å²) >= 11 is 0. The molecule has 0 aliphatic rings. The summed E-state index contributed by atoms with van der Waals surface area (Å²) in [5.41, 5.74) is 4.99. The standard InChI is InChI=1S/2C5H9Si.Mg/c2*1-5-6(2,3)4;/h2*2-4H3;/q2*-1;+2. The molecular formula is C10H18MgSi2. The molecule has 0 nitrogen and oxygen atoms in total. The van der Waals surface area contributed by atoms with E-state index in [9.17, 15) is 0 Å². The van der Waals surface area contributed by atoms with Gasteiger partial charge >= 0.3 is 23.1 Å². The van der Waals surface area contributed by atoms with Gasteiger partial charge in [0.1, 0.15) is 0 Å². The molecule has 3 heteroatoms. The molecule has 13 heavy (non-hydrogen) atoms. The summed E-state index contributed by atoms with van der Waals surface area (Å²) < 4.78 is 0. The van der Waals surface area contributed by atoms with Gasteiger partial charge in [0.2, 0.25) is 0 Å². The monoisotopic (exact) mass is 218 g/mol. The summed E-state index contributed by atoms with van der Waals surface area (Å²) in [5, 5.41) is 0. The van der Waals surface area contributed by atoms with Crippen LogP contribution < -0.4 is 0 Å². The van der Waals surface area contributed by atoms with Crippen LogP contribution in [0.5, 0.6) is 0 Å². The van der Waals surface area contributed by atoms with E-state index >= 15 is 0 Å². The SMILES string of the molecule is [C-]#C[Si](C)(C)C.[C-]#C[Si](C)(C)C.[Mg+2]. The summed E-state index contributed by atoms with van der Waals surface area (Å²) in [7, 11) is -2.43. The topological polar surface area (TPSA) is 0 Å². The third-order valence-electron chi connectivity index (χ3n) is 0.750. The Morgan fingerprint density at radius 3 is 0.769 bits per heavy atom. The largest absolute Gasteiger partial charge is 2.00 e. The van der Waals surface area contributed by atoms with Gasteiger partial charge in [0.15, 0.2) is 0 Å². The zero-order valence-corrected chi connectivity index (χ0v) is 13.1. The van der Waals surface area contributed by atoms with Gasteiger partial charge in [-0.2, -0.15) is 0 Å². The first-order valence-corrected chi connectivity index (χ1v) is 11.0. The molecule has 0 aromatic rings. The zero-order valence-electron chi connectivity index (χ0n) is 9.71. The fourth-order valence-corrected chi connectivity index (χ4v) is 0. The Balaban J connectivity index is -0.000000143. The molecule has 0 amide bonds. The second-order valence-electron chi connectivity index (χ2n) is 4.75. The molecule has 0 aliphatic carbocycles. The summed E-state index contributed by atoms with van der Waals surface area (Å²) in [6, 6.07) is 0. The molecule has 0 rings (SSSR count). The van der Waals surface area contributed by atoms with Crippen molar-refractivity contribution in [3.05, 3.63) is 12.8 Å². The first kappa shape index (κ1) is 19.0. The molecule has 68 valence electrons. The van der Waals surface area contributed by atoms with E-state index < -0.39 is 16.1 Å². The van der Waals surface area contributed by atoms with E-state index in [0.29, 0.717) is 0 Å². The molecule has 0 N–H and O–H groups in total. The first-order valence-electron chi connectivity index (χ1n) is 4.00. The molecule has 0 aromatic heterocycles. The normalized spacial score (nSPS) is 9.54. The minimum absolute atomic E-state index is 0. The molecular weight excluding hydrogens is 201 g/mol. The van der Waals surface area contributed by atoms with E-state index in [4.69, 9.17) is 12.8 Å². The maximum Gasteiger partial charge on any atom is 2.00 e. The van der Waals surface area contributed by atoms with Crippen LogP contribution in [0.1, 0.15) is 0 Å². The number of rotatable bonds is 0. The zero-order chi connectivity index (χ0) is 10.4. The summed E-state index contributed by atoms with van der Waals surface area (Å²) in [6.07, 6.45) is 13.3. The van der Waals surface area contributed by atoms with Gasteiger partial charge in [-0.15, -0.1) is 0 Å². The maximum absolute atomic E-state index is 6.67. The van der Waals surface area contributed by atoms with Crippen LogP contribution in [0.3, 0.4) is 0 Å². The van der Waals surface area contributed by atoms with Crippen molar-refractivity contribution in [3.63, 3.8) is 0 Å². The van der Waals surface area contributed by atoms with Crippen molar-refractivity contribution in [2.75, 3.05) is 0 Å². The van der Waals surface area contributed by atoms with Crippen LogP contribution >= 0.6 is 0 Å². The van der Waals surface area contributed by atoms with Crippen LogP contribution in [0.25, 0.3) is 0 Å². The van der Waals surface area contributed by atoms with Gasteiger partial charge in [-0.3, -0.25) is 0 Å². The van der Waals surface area contributed by atoms with E-state index in [1.165, 1.54) is 0 Å². The van der Waals surface area contributed by atoms with E-state index in [1.54, 1.807) is 0 Å². The summed E-state index contributed by atoms with van der Waals surface area (Å²) in [4.78, 5) is 0. The van der Waals surface area contributed by atoms with Crippen molar-refractivity contribution in [2.24, 2.45) is 0 Å². The first-order chi connectivity index (χ1) is 5.12. The van der Waals surface area contributed by atoms with Gasteiger partial charge in [-0.1, -0.05) is 39.3 Å². The van der Waals surface area contributed by atoms with Crippen molar-refractivity contribution in [1.82, 2.24) is 0 Å². The molecule has 0 unspecified atom stereocenters. The second kappa shape index (κ2) is 7.70. The number of hydrogen-bond donors (Lipinski definition) is 0. The Bertz CT molecular complexity index is 171. The fraction of sp³-hybridized carbons (Fsp3) is 0.600. The van der Waals surface area contributed by atoms with Gasteiger partial charge in [0, 0.05) is 0 Å². The Hall–Kier alpha value is 0.320. The Morgan fingerprint density at radius 1 is 0.692 bits per heavy atom. The predicted molar refractivity (Wildman–Crippen MR) is 66.7 cm³/mol. The van der Waals surface area contributed by atoms with Crippen molar-refractivity contribution < 1.29 is 0 Å². The van der Waals surface area contributed by atoms with Crippen LogP contribution in [0.2, 0.25) is 39.3 Å². The minimum Gasteiger partial charge on any atom is -0.701 e.